The number of amides is 1. The monoisotopic (exact) mass is 427 g/mol. The Morgan fingerprint density at radius 1 is 1.07 bits per heavy atom. The van der Waals surface area contributed by atoms with Gasteiger partial charge >= 0.3 is 0 Å². The summed E-state index contributed by atoms with van der Waals surface area (Å²) in [6.45, 7) is 0.609. The molecule has 0 unspecified atom stereocenters. The van der Waals surface area contributed by atoms with Crippen molar-refractivity contribution in [3.63, 3.8) is 0 Å². The van der Waals surface area contributed by atoms with E-state index in [0.29, 0.717) is 40.9 Å². The van der Waals surface area contributed by atoms with Gasteiger partial charge in [0.1, 0.15) is 0 Å². The molecule has 0 aromatic heterocycles. The fraction of sp³-hybridized carbons (Fsp3) is 0.350. The van der Waals surface area contributed by atoms with Crippen LogP contribution in [0.1, 0.15) is 17.5 Å². The van der Waals surface area contributed by atoms with Crippen LogP contribution >= 0.6 is 35.0 Å². The van der Waals surface area contributed by atoms with Crippen LogP contribution in [0.2, 0.25) is 10.0 Å². The Morgan fingerprint density at radius 3 is 2.44 bits per heavy atom. The summed E-state index contributed by atoms with van der Waals surface area (Å²) in [5, 5.41) is 4.29. The number of halogens is 2. The van der Waals surface area contributed by atoms with Gasteiger partial charge in [-0.3, -0.25) is 4.79 Å². The molecule has 2 rings (SSSR count). The highest BCUT2D eigenvalue weighted by Crippen LogP contribution is 2.29. The zero-order valence-corrected chi connectivity index (χ0v) is 17.7. The molecule has 0 aliphatic heterocycles. The fourth-order valence-corrected chi connectivity index (χ4v) is 4.08. The molecule has 4 nitrogen and oxygen atoms in total. The van der Waals surface area contributed by atoms with Crippen LogP contribution in [0.25, 0.3) is 0 Å². The summed E-state index contributed by atoms with van der Waals surface area (Å²) in [7, 11) is 3.20. The number of hydrogen-bond acceptors (Lipinski definition) is 4. The van der Waals surface area contributed by atoms with Crippen LogP contribution in [0.4, 0.5) is 0 Å². The summed E-state index contributed by atoms with van der Waals surface area (Å²) in [6, 6.07) is 11.2. The third-order valence-electron chi connectivity index (χ3n) is 3.97. The van der Waals surface area contributed by atoms with E-state index >= 15 is 0 Å². The third kappa shape index (κ3) is 6.83. The van der Waals surface area contributed by atoms with Gasteiger partial charge in [-0.05, 0) is 41.8 Å². The van der Waals surface area contributed by atoms with E-state index in [9.17, 15) is 4.79 Å². The molecule has 0 bridgehead atoms. The molecule has 0 saturated carbocycles. The average molecular weight is 428 g/mol. The number of ether oxygens (including phenoxy) is 2. The predicted molar refractivity (Wildman–Crippen MR) is 114 cm³/mol. The second-order valence-electron chi connectivity index (χ2n) is 5.79. The van der Waals surface area contributed by atoms with Crippen LogP contribution in [-0.4, -0.2) is 32.4 Å². The van der Waals surface area contributed by atoms with Crippen molar-refractivity contribution in [2.75, 3.05) is 26.5 Å². The van der Waals surface area contributed by atoms with E-state index in [1.54, 1.807) is 26.0 Å². The van der Waals surface area contributed by atoms with Crippen molar-refractivity contribution < 1.29 is 14.3 Å². The first-order valence-electron chi connectivity index (χ1n) is 8.53. The van der Waals surface area contributed by atoms with Crippen LogP contribution < -0.4 is 14.8 Å². The molecule has 0 aliphatic rings. The van der Waals surface area contributed by atoms with Crippen molar-refractivity contribution in [3.05, 3.63) is 57.6 Å². The van der Waals surface area contributed by atoms with Gasteiger partial charge in [0.2, 0.25) is 5.91 Å². The number of rotatable bonds is 10. The molecular formula is C20H23Cl2NO3S. The zero-order valence-electron chi connectivity index (χ0n) is 15.4. The van der Waals surface area contributed by atoms with Gasteiger partial charge in [0, 0.05) is 34.5 Å². The fourth-order valence-electron chi connectivity index (χ4n) is 2.49. The Kier molecular flexibility index (Phi) is 9.11. The van der Waals surface area contributed by atoms with E-state index in [-0.39, 0.29) is 5.91 Å². The van der Waals surface area contributed by atoms with Crippen molar-refractivity contribution in [1.29, 1.82) is 0 Å². The Labute approximate surface area is 174 Å². The Bertz CT molecular complexity index is 751. The molecule has 27 heavy (non-hydrogen) atoms. The molecule has 0 fully saturated rings. The molecule has 0 atom stereocenters. The van der Waals surface area contributed by atoms with Crippen LogP contribution in [0.5, 0.6) is 11.5 Å². The number of carbonyl (C=O) groups is 1. The minimum atomic E-state index is 0.0289. The van der Waals surface area contributed by atoms with Crippen LogP contribution in [0.15, 0.2) is 36.4 Å². The van der Waals surface area contributed by atoms with Gasteiger partial charge in [0.25, 0.3) is 0 Å². The maximum absolute atomic E-state index is 12.0. The lowest BCUT2D eigenvalue weighted by Gasteiger charge is -2.10. The number of benzene rings is 2. The van der Waals surface area contributed by atoms with E-state index in [4.69, 9.17) is 32.7 Å². The highest BCUT2D eigenvalue weighted by molar-refractivity contribution is 7.98. The van der Waals surface area contributed by atoms with Crippen LogP contribution in [0.3, 0.4) is 0 Å². The lowest BCUT2D eigenvalue weighted by molar-refractivity contribution is -0.120. The van der Waals surface area contributed by atoms with E-state index in [2.05, 4.69) is 5.32 Å². The molecule has 0 spiro atoms. The lowest BCUT2D eigenvalue weighted by Crippen LogP contribution is -2.25. The van der Waals surface area contributed by atoms with Gasteiger partial charge in [-0.1, -0.05) is 35.3 Å². The van der Waals surface area contributed by atoms with Crippen molar-refractivity contribution in [1.82, 2.24) is 5.32 Å². The highest BCUT2D eigenvalue weighted by Gasteiger charge is 2.08. The van der Waals surface area contributed by atoms with E-state index < -0.39 is 0 Å². The number of thioether (sulfide) groups is 1. The smallest absolute Gasteiger partial charge is 0.220 e. The molecule has 1 N–H and O–H groups in total. The maximum atomic E-state index is 12.0. The molecule has 0 saturated heterocycles. The number of hydrogen-bond donors (Lipinski definition) is 1. The van der Waals surface area contributed by atoms with Gasteiger partial charge in [-0.2, -0.15) is 11.8 Å². The topological polar surface area (TPSA) is 47.6 Å². The Balaban J connectivity index is 1.68. The van der Waals surface area contributed by atoms with Gasteiger partial charge in [0.05, 0.1) is 14.2 Å². The van der Waals surface area contributed by atoms with Crippen molar-refractivity contribution >= 4 is 40.9 Å². The summed E-state index contributed by atoms with van der Waals surface area (Å²) >= 11 is 14.0. The van der Waals surface area contributed by atoms with Crippen LogP contribution in [0, 0.1) is 0 Å². The number of methoxy groups -OCH3 is 2. The molecular weight excluding hydrogens is 405 g/mol. The summed E-state index contributed by atoms with van der Waals surface area (Å²) in [4.78, 5) is 12.0. The highest BCUT2D eigenvalue weighted by atomic mass is 35.5. The van der Waals surface area contributed by atoms with Crippen molar-refractivity contribution in [2.24, 2.45) is 0 Å². The number of nitrogens with one attached hydrogen (secondary N) is 1. The first kappa shape index (κ1) is 21.7. The number of carbonyl (C=O) groups excluding carboxylic acids is 1. The van der Waals surface area contributed by atoms with Gasteiger partial charge in [-0.25, -0.2) is 0 Å². The molecule has 2 aromatic rings. The van der Waals surface area contributed by atoms with Gasteiger partial charge < -0.3 is 14.8 Å². The second kappa shape index (κ2) is 11.3. The lowest BCUT2D eigenvalue weighted by atomic mass is 10.1. The SMILES string of the molecule is COc1ccc(CCC(=O)NCCSCc2c(Cl)cccc2Cl)cc1OC. The molecule has 0 aliphatic carbocycles. The Hall–Kier alpha value is -1.56. The van der Waals surface area contributed by atoms with Gasteiger partial charge in [0.15, 0.2) is 11.5 Å². The Morgan fingerprint density at radius 2 is 1.78 bits per heavy atom. The quantitative estimate of drug-likeness (QED) is 0.542. The summed E-state index contributed by atoms with van der Waals surface area (Å²) in [5.41, 5.74) is 1.97. The predicted octanol–water partition coefficient (Wildman–Crippen LogP) is 4.99. The zero-order chi connectivity index (χ0) is 19.6. The molecule has 0 radical (unpaired) electrons. The van der Waals surface area contributed by atoms with Crippen molar-refractivity contribution in [3.8, 4) is 11.5 Å². The largest absolute Gasteiger partial charge is 0.493 e. The molecule has 0 heterocycles. The summed E-state index contributed by atoms with van der Waals surface area (Å²) < 4.78 is 10.5. The average Bonchev–Trinajstić information content (AvgIpc) is 2.67. The summed E-state index contributed by atoms with van der Waals surface area (Å²) in [6.07, 6.45) is 1.07. The van der Waals surface area contributed by atoms with E-state index in [0.717, 1.165) is 22.6 Å². The van der Waals surface area contributed by atoms with Crippen molar-refractivity contribution in [2.45, 2.75) is 18.6 Å². The maximum Gasteiger partial charge on any atom is 0.220 e. The second-order valence-corrected chi connectivity index (χ2v) is 7.71. The minimum absolute atomic E-state index is 0.0289. The number of aryl methyl sites for hydroxylation is 1. The first-order chi connectivity index (χ1) is 13.0. The van der Waals surface area contributed by atoms with Crippen LogP contribution in [-0.2, 0) is 17.0 Å². The third-order valence-corrected chi connectivity index (χ3v) is 5.66. The van der Waals surface area contributed by atoms with E-state index in [1.165, 1.54) is 0 Å². The molecule has 2 aromatic carbocycles. The molecule has 146 valence electrons. The first-order valence-corrected chi connectivity index (χ1v) is 10.4. The van der Waals surface area contributed by atoms with E-state index in [1.807, 2.05) is 36.4 Å². The molecule has 7 heteroatoms. The minimum Gasteiger partial charge on any atom is -0.493 e. The summed E-state index contributed by atoms with van der Waals surface area (Å²) in [5.74, 6) is 2.90. The van der Waals surface area contributed by atoms with Gasteiger partial charge in [-0.15, -0.1) is 0 Å². The molecule has 1 amide bonds. The standard InChI is InChI=1S/C20H23Cl2NO3S/c1-25-18-8-6-14(12-19(18)26-2)7-9-20(24)23-10-11-27-13-15-16(21)4-3-5-17(15)22/h3-6,8,12H,7,9-11,13H2,1-2H3,(H,23,24). The normalized spacial score (nSPS) is 10.5.